The maximum Gasteiger partial charge on any atom is 0.315 e. The molecule has 0 saturated heterocycles. The highest BCUT2D eigenvalue weighted by Gasteiger charge is 2.11. The third-order valence-corrected chi connectivity index (χ3v) is 2.79. The number of urea groups is 1. The summed E-state index contributed by atoms with van der Waals surface area (Å²) in [6.45, 7) is 4.43. The monoisotopic (exact) mass is 283 g/mol. The van der Waals surface area contributed by atoms with Crippen LogP contribution in [0.3, 0.4) is 0 Å². The molecule has 1 aromatic rings. The van der Waals surface area contributed by atoms with Crippen LogP contribution in [0.1, 0.15) is 19.1 Å². The van der Waals surface area contributed by atoms with Gasteiger partial charge < -0.3 is 24.7 Å². The zero-order chi connectivity index (χ0) is 14.8. The second-order valence-corrected chi connectivity index (χ2v) is 4.81. The summed E-state index contributed by atoms with van der Waals surface area (Å²) in [5, 5.41) is 5.56. The molecule has 0 aliphatic carbocycles. The van der Waals surface area contributed by atoms with E-state index in [1.807, 2.05) is 27.1 Å². The predicted molar refractivity (Wildman–Crippen MR) is 77.5 cm³/mol. The lowest BCUT2D eigenvalue weighted by molar-refractivity contribution is 0.0534. The van der Waals surface area contributed by atoms with Crippen molar-refractivity contribution >= 4 is 6.03 Å². The molecule has 2 amide bonds. The second-order valence-electron chi connectivity index (χ2n) is 4.81. The summed E-state index contributed by atoms with van der Waals surface area (Å²) in [4.78, 5) is 13.8. The third-order valence-electron chi connectivity index (χ3n) is 2.79. The molecule has 0 aliphatic rings. The summed E-state index contributed by atoms with van der Waals surface area (Å²) >= 11 is 0. The van der Waals surface area contributed by atoms with Gasteiger partial charge in [-0.1, -0.05) is 0 Å². The van der Waals surface area contributed by atoms with Crippen LogP contribution < -0.4 is 10.6 Å². The van der Waals surface area contributed by atoms with Crippen LogP contribution in [-0.2, 0) is 11.3 Å². The molecule has 114 valence electrons. The fraction of sp³-hybridized carbons (Fsp3) is 0.643. The molecule has 1 heterocycles. The van der Waals surface area contributed by atoms with E-state index in [4.69, 9.17) is 9.15 Å². The van der Waals surface area contributed by atoms with E-state index in [9.17, 15) is 4.79 Å². The first-order valence-corrected chi connectivity index (χ1v) is 6.92. The Hall–Kier alpha value is -1.53. The SMILES string of the molecule is CCO[C@@H](CCN(C)C)CNC(=O)NCc1ccco1. The lowest BCUT2D eigenvalue weighted by atomic mass is 10.2. The van der Waals surface area contributed by atoms with E-state index in [1.165, 1.54) is 0 Å². The highest BCUT2D eigenvalue weighted by Crippen LogP contribution is 2.00. The smallest absolute Gasteiger partial charge is 0.315 e. The van der Waals surface area contributed by atoms with Gasteiger partial charge in [-0.15, -0.1) is 0 Å². The summed E-state index contributed by atoms with van der Waals surface area (Å²) in [5.41, 5.74) is 0. The maximum absolute atomic E-state index is 11.7. The van der Waals surface area contributed by atoms with Crippen molar-refractivity contribution in [2.75, 3.05) is 33.8 Å². The van der Waals surface area contributed by atoms with Gasteiger partial charge in [0.15, 0.2) is 0 Å². The molecular formula is C14H25N3O3. The topological polar surface area (TPSA) is 66.7 Å². The average Bonchev–Trinajstić information content (AvgIpc) is 2.92. The van der Waals surface area contributed by atoms with Gasteiger partial charge in [0, 0.05) is 19.7 Å². The van der Waals surface area contributed by atoms with Gasteiger partial charge in [-0.05, 0) is 39.6 Å². The number of carbonyl (C=O) groups is 1. The number of hydrogen-bond donors (Lipinski definition) is 2. The molecule has 0 spiro atoms. The van der Waals surface area contributed by atoms with Crippen LogP contribution in [-0.4, -0.2) is 50.8 Å². The Balaban J connectivity index is 2.21. The van der Waals surface area contributed by atoms with E-state index in [0.717, 1.165) is 18.7 Å². The van der Waals surface area contributed by atoms with Gasteiger partial charge in [-0.2, -0.15) is 0 Å². The molecule has 0 bridgehead atoms. The van der Waals surface area contributed by atoms with E-state index in [-0.39, 0.29) is 12.1 Å². The van der Waals surface area contributed by atoms with Crippen molar-refractivity contribution in [1.82, 2.24) is 15.5 Å². The molecule has 20 heavy (non-hydrogen) atoms. The fourth-order valence-electron chi connectivity index (χ4n) is 1.73. The zero-order valence-corrected chi connectivity index (χ0v) is 12.5. The van der Waals surface area contributed by atoms with Crippen LogP contribution in [0.2, 0.25) is 0 Å². The number of furan rings is 1. The maximum atomic E-state index is 11.7. The van der Waals surface area contributed by atoms with Crippen molar-refractivity contribution in [2.45, 2.75) is 26.0 Å². The van der Waals surface area contributed by atoms with Crippen LogP contribution in [0.25, 0.3) is 0 Å². The van der Waals surface area contributed by atoms with Crippen molar-refractivity contribution in [1.29, 1.82) is 0 Å². The van der Waals surface area contributed by atoms with E-state index in [2.05, 4.69) is 15.5 Å². The Labute approximate surface area is 120 Å². The molecule has 0 radical (unpaired) electrons. The van der Waals surface area contributed by atoms with Gasteiger partial charge in [0.2, 0.25) is 0 Å². The predicted octanol–water partition coefficient (Wildman–Crippen LogP) is 1.44. The number of ether oxygens (including phenoxy) is 1. The summed E-state index contributed by atoms with van der Waals surface area (Å²) in [6.07, 6.45) is 2.51. The summed E-state index contributed by atoms with van der Waals surface area (Å²) in [7, 11) is 4.04. The van der Waals surface area contributed by atoms with E-state index >= 15 is 0 Å². The fourth-order valence-corrected chi connectivity index (χ4v) is 1.73. The Morgan fingerprint density at radius 1 is 1.45 bits per heavy atom. The van der Waals surface area contributed by atoms with Gasteiger partial charge in [-0.25, -0.2) is 4.79 Å². The first kappa shape index (κ1) is 16.5. The van der Waals surface area contributed by atoms with E-state index in [1.54, 1.807) is 12.3 Å². The normalized spacial score (nSPS) is 12.4. The zero-order valence-electron chi connectivity index (χ0n) is 12.5. The molecule has 2 N–H and O–H groups in total. The van der Waals surface area contributed by atoms with Crippen LogP contribution >= 0.6 is 0 Å². The quantitative estimate of drug-likeness (QED) is 0.719. The Morgan fingerprint density at radius 2 is 2.25 bits per heavy atom. The minimum Gasteiger partial charge on any atom is -0.467 e. The largest absolute Gasteiger partial charge is 0.467 e. The average molecular weight is 283 g/mol. The highest BCUT2D eigenvalue weighted by atomic mass is 16.5. The standard InChI is InChI=1S/C14H25N3O3/c1-4-19-13(7-8-17(2)3)11-16-14(18)15-10-12-6-5-9-20-12/h5-6,9,13H,4,7-8,10-11H2,1-3H3,(H2,15,16,18)/t13-/m0/s1. The second kappa shape index (κ2) is 9.39. The molecular weight excluding hydrogens is 258 g/mol. The number of hydrogen-bond acceptors (Lipinski definition) is 4. The molecule has 1 aromatic heterocycles. The molecule has 0 aliphatic heterocycles. The molecule has 0 unspecified atom stereocenters. The van der Waals surface area contributed by atoms with Crippen LogP contribution in [0.15, 0.2) is 22.8 Å². The Kier molecular flexibility index (Phi) is 7.75. The van der Waals surface area contributed by atoms with Crippen molar-refractivity contribution in [2.24, 2.45) is 0 Å². The van der Waals surface area contributed by atoms with Crippen molar-refractivity contribution in [3.05, 3.63) is 24.2 Å². The van der Waals surface area contributed by atoms with Gasteiger partial charge in [0.05, 0.1) is 18.9 Å². The van der Waals surface area contributed by atoms with Crippen molar-refractivity contribution in [3.8, 4) is 0 Å². The molecule has 0 saturated carbocycles. The van der Waals surface area contributed by atoms with E-state index < -0.39 is 0 Å². The van der Waals surface area contributed by atoms with E-state index in [0.29, 0.717) is 19.7 Å². The molecule has 6 heteroatoms. The van der Waals surface area contributed by atoms with Gasteiger partial charge >= 0.3 is 6.03 Å². The lowest BCUT2D eigenvalue weighted by Gasteiger charge is -2.19. The number of nitrogens with zero attached hydrogens (tertiary/aromatic N) is 1. The number of carbonyl (C=O) groups excluding carboxylic acids is 1. The van der Waals surface area contributed by atoms with Gasteiger partial charge in [0.1, 0.15) is 5.76 Å². The summed E-state index contributed by atoms with van der Waals surface area (Å²) in [6, 6.07) is 3.40. The lowest BCUT2D eigenvalue weighted by Crippen LogP contribution is -2.41. The molecule has 0 fully saturated rings. The summed E-state index contributed by atoms with van der Waals surface area (Å²) in [5.74, 6) is 0.731. The number of rotatable bonds is 9. The number of nitrogens with one attached hydrogen (secondary N) is 2. The first-order chi connectivity index (χ1) is 9.61. The van der Waals surface area contributed by atoms with Gasteiger partial charge in [0.25, 0.3) is 0 Å². The third kappa shape index (κ3) is 7.16. The summed E-state index contributed by atoms with van der Waals surface area (Å²) < 4.78 is 10.7. The van der Waals surface area contributed by atoms with Crippen molar-refractivity contribution < 1.29 is 13.9 Å². The van der Waals surface area contributed by atoms with Crippen molar-refractivity contribution in [3.63, 3.8) is 0 Å². The Morgan fingerprint density at radius 3 is 2.85 bits per heavy atom. The number of amides is 2. The minimum atomic E-state index is -0.212. The Bertz CT molecular complexity index is 366. The molecule has 1 atom stereocenters. The molecule has 1 rings (SSSR count). The minimum absolute atomic E-state index is 0.0387. The molecule has 6 nitrogen and oxygen atoms in total. The van der Waals surface area contributed by atoms with Crippen LogP contribution in [0, 0.1) is 0 Å². The highest BCUT2D eigenvalue weighted by molar-refractivity contribution is 5.73. The van der Waals surface area contributed by atoms with Crippen LogP contribution in [0.5, 0.6) is 0 Å². The van der Waals surface area contributed by atoms with Gasteiger partial charge in [-0.3, -0.25) is 0 Å². The van der Waals surface area contributed by atoms with Crippen LogP contribution in [0.4, 0.5) is 4.79 Å². The first-order valence-electron chi connectivity index (χ1n) is 6.92. The molecule has 0 aromatic carbocycles.